The van der Waals surface area contributed by atoms with Crippen LogP contribution in [0.25, 0.3) is 0 Å². The van der Waals surface area contributed by atoms with E-state index in [1.807, 2.05) is 0 Å². The van der Waals surface area contributed by atoms with E-state index in [2.05, 4.69) is 0 Å². The first-order valence-corrected chi connectivity index (χ1v) is 6.71. The molecule has 0 radical (unpaired) electrons. The number of aliphatic carboxylic acids is 1. The van der Waals surface area contributed by atoms with Gasteiger partial charge in [0.05, 0.1) is 5.75 Å². The molecular weight excluding hydrogens is 216 g/mol. The van der Waals surface area contributed by atoms with Gasteiger partial charge >= 0.3 is 5.97 Å². The lowest BCUT2D eigenvalue weighted by Gasteiger charge is -1.94. The second-order valence-electron chi connectivity index (χ2n) is 2.36. The fourth-order valence-electron chi connectivity index (χ4n) is 0.436. The number of sulfone groups is 1. The van der Waals surface area contributed by atoms with Crippen LogP contribution in [-0.4, -0.2) is 41.5 Å². The lowest BCUT2D eigenvalue weighted by molar-refractivity contribution is -0.131. The fourth-order valence-corrected chi connectivity index (χ4v) is 2.71. The van der Waals surface area contributed by atoms with Gasteiger partial charge in [-0.1, -0.05) is 0 Å². The minimum atomic E-state index is -3.13. The maximum atomic E-state index is 10.9. The summed E-state index contributed by atoms with van der Waals surface area (Å²) in [5.74, 6) is -1.47. The van der Waals surface area contributed by atoms with Gasteiger partial charge in [0.1, 0.15) is 9.84 Å². The van der Waals surface area contributed by atoms with Crippen molar-refractivity contribution >= 4 is 26.6 Å². The summed E-state index contributed by atoms with van der Waals surface area (Å²) < 4.78 is 32.1. The molecule has 0 saturated carbocycles. The Bertz CT molecular complexity index is 327. The van der Waals surface area contributed by atoms with Crippen LogP contribution >= 0.6 is 0 Å². The largest absolute Gasteiger partial charge is 0.478 e. The molecule has 1 atom stereocenters. The summed E-state index contributed by atoms with van der Waals surface area (Å²) >= 11 is 0. The summed E-state index contributed by atoms with van der Waals surface area (Å²) in [6, 6.07) is 0. The molecule has 0 heterocycles. The zero-order valence-electron chi connectivity index (χ0n) is 6.97. The molecule has 0 saturated heterocycles. The Labute approximate surface area is 78.8 Å². The Hall–Kier alpha value is -0.690. The molecule has 0 aliphatic rings. The molecule has 76 valence electrons. The first-order valence-electron chi connectivity index (χ1n) is 3.27. The zero-order chi connectivity index (χ0) is 10.5. The number of rotatable bonds is 5. The highest BCUT2D eigenvalue weighted by atomic mass is 32.2. The SMILES string of the molecule is CS(=O)(=O)CCS(=O)/C=C/C(=O)O. The van der Waals surface area contributed by atoms with Crippen LogP contribution in [0, 0.1) is 0 Å². The van der Waals surface area contributed by atoms with E-state index in [-0.39, 0.29) is 11.5 Å². The van der Waals surface area contributed by atoms with Crippen molar-refractivity contribution in [3.8, 4) is 0 Å². The van der Waals surface area contributed by atoms with Crippen LogP contribution in [0.1, 0.15) is 0 Å². The number of carboxylic acids is 1. The third kappa shape index (κ3) is 9.22. The van der Waals surface area contributed by atoms with Crippen LogP contribution < -0.4 is 0 Å². The van der Waals surface area contributed by atoms with Crippen LogP contribution in [0.5, 0.6) is 0 Å². The minimum absolute atomic E-state index is 0.0669. The van der Waals surface area contributed by atoms with Gasteiger partial charge in [0, 0.05) is 34.3 Å². The Morgan fingerprint density at radius 3 is 2.46 bits per heavy atom. The van der Waals surface area contributed by atoms with Crippen molar-refractivity contribution in [3.63, 3.8) is 0 Å². The molecule has 13 heavy (non-hydrogen) atoms. The van der Waals surface area contributed by atoms with Crippen LogP contribution in [0.4, 0.5) is 0 Å². The van der Waals surface area contributed by atoms with E-state index in [0.29, 0.717) is 0 Å². The first kappa shape index (κ1) is 12.3. The van der Waals surface area contributed by atoms with Crippen LogP contribution in [0.3, 0.4) is 0 Å². The molecule has 0 aliphatic carbocycles. The Morgan fingerprint density at radius 2 is 2.08 bits per heavy atom. The van der Waals surface area contributed by atoms with E-state index in [0.717, 1.165) is 17.7 Å². The fraction of sp³-hybridized carbons (Fsp3) is 0.500. The molecule has 0 amide bonds. The molecule has 0 bridgehead atoms. The summed E-state index contributed by atoms with van der Waals surface area (Å²) in [7, 11) is -4.66. The van der Waals surface area contributed by atoms with Crippen LogP contribution in [0.2, 0.25) is 0 Å². The molecule has 0 fully saturated rings. The summed E-state index contributed by atoms with van der Waals surface area (Å²) in [6.45, 7) is 0. The highest BCUT2D eigenvalue weighted by molar-refractivity contribution is 7.93. The summed E-state index contributed by atoms with van der Waals surface area (Å²) in [5, 5.41) is 9.12. The maximum absolute atomic E-state index is 10.9. The lowest BCUT2D eigenvalue weighted by Crippen LogP contribution is -2.10. The molecule has 1 N–H and O–H groups in total. The van der Waals surface area contributed by atoms with E-state index in [1.54, 1.807) is 0 Å². The Balaban J connectivity index is 3.98. The molecular formula is C6H10O5S2. The van der Waals surface area contributed by atoms with Crippen molar-refractivity contribution in [2.45, 2.75) is 0 Å². The zero-order valence-corrected chi connectivity index (χ0v) is 8.60. The van der Waals surface area contributed by atoms with Gasteiger partial charge in [-0.15, -0.1) is 0 Å². The third-order valence-corrected chi connectivity index (χ3v) is 3.27. The molecule has 0 rings (SSSR count). The monoisotopic (exact) mass is 226 g/mol. The predicted molar refractivity (Wildman–Crippen MR) is 49.5 cm³/mol. The standard InChI is InChI=1S/C6H10O5S2/c1-13(10,11)5-4-12(9)3-2-6(7)8/h2-3H,4-5H2,1H3,(H,7,8)/b3-2+. The number of carboxylic acid groups (broad SMARTS) is 1. The topological polar surface area (TPSA) is 88.5 Å². The van der Waals surface area contributed by atoms with Gasteiger partial charge in [-0.2, -0.15) is 0 Å². The van der Waals surface area contributed by atoms with Crippen LogP contribution in [0.15, 0.2) is 11.5 Å². The molecule has 0 spiro atoms. The van der Waals surface area contributed by atoms with Crippen molar-refractivity contribution in [1.82, 2.24) is 0 Å². The predicted octanol–water partition coefficient (Wildman–Crippen LogP) is -0.622. The second-order valence-corrected chi connectivity index (χ2v) is 6.06. The normalized spacial score (nSPS) is 14.5. The van der Waals surface area contributed by atoms with Crippen molar-refractivity contribution in [2.24, 2.45) is 0 Å². The van der Waals surface area contributed by atoms with Crippen molar-refractivity contribution in [1.29, 1.82) is 0 Å². The smallest absolute Gasteiger partial charge is 0.328 e. The maximum Gasteiger partial charge on any atom is 0.328 e. The van der Waals surface area contributed by atoms with Gasteiger partial charge in [-0.25, -0.2) is 13.2 Å². The third-order valence-electron chi connectivity index (χ3n) is 1.02. The highest BCUT2D eigenvalue weighted by Crippen LogP contribution is 1.90. The van der Waals surface area contributed by atoms with Gasteiger partial charge in [-0.05, 0) is 0 Å². The minimum Gasteiger partial charge on any atom is -0.478 e. The van der Waals surface area contributed by atoms with E-state index >= 15 is 0 Å². The highest BCUT2D eigenvalue weighted by Gasteiger charge is 2.04. The molecule has 0 aromatic carbocycles. The van der Waals surface area contributed by atoms with Gasteiger partial charge in [-0.3, -0.25) is 4.21 Å². The number of hydrogen-bond acceptors (Lipinski definition) is 4. The van der Waals surface area contributed by atoms with Gasteiger partial charge < -0.3 is 5.11 Å². The lowest BCUT2D eigenvalue weighted by atomic mass is 10.7. The summed E-state index contributed by atoms with van der Waals surface area (Å²) in [5.41, 5.74) is 0. The summed E-state index contributed by atoms with van der Waals surface area (Å²) in [4.78, 5) is 9.97. The number of carbonyl (C=O) groups is 1. The second kappa shape index (κ2) is 5.13. The van der Waals surface area contributed by atoms with Gasteiger partial charge in [0.15, 0.2) is 0 Å². The van der Waals surface area contributed by atoms with E-state index in [4.69, 9.17) is 5.11 Å². The van der Waals surface area contributed by atoms with Gasteiger partial charge in [0.25, 0.3) is 0 Å². The Morgan fingerprint density at radius 1 is 1.54 bits per heavy atom. The molecule has 0 aromatic rings. The summed E-state index contributed by atoms with van der Waals surface area (Å²) in [6.07, 6.45) is 1.77. The number of hydrogen-bond donors (Lipinski definition) is 1. The van der Waals surface area contributed by atoms with Crippen molar-refractivity contribution in [3.05, 3.63) is 11.5 Å². The van der Waals surface area contributed by atoms with E-state index in [1.165, 1.54) is 0 Å². The molecule has 5 nitrogen and oxygen atoms in total. The average molecular weight is 226 g/mol. The Kier molecular flexibility index (Phi) is 4.86. The van der Waals surface area contributed by atoms with Crippen LogP contribution in [-0.2, 0) is 25.4 Å². The first-order chi connectivity index (χ1) is 5.81. The molecule has 0 aromatic heterocycles. The van der Waals surface area contributed by atoms with Crippen molar-refractivity contribution in [2.75, 3.05) is 17.8 Å². The van der Waals surface area contributed by atoms with E-state index in [9.17, 15) is 17.4 Å². The molecule has 1 unspecified atom stereocenters. The van der Waals surface area contributed by atoms with Gasteiger partial charge in [0.2, 0.25) is 0 Å². The quantitative estimate of drug-likeness (QED) is 0.631. The molecule has 0 aliphatic heterocycles. The van der Waals surface area contributed by atoms with E-state index < -0.39 is 26.6 Å². The average Bonchev–Trinajstić information content (AvgIpc) is 1.95. The van der Waals surface area contributed by atoms with Crippen molar-refractivity contribution < 1.29 is 22.5 Å². The molecule has 7 heteroatoms.